The Morgan fingerprint density at radius 1 is 1.00 bits per heavy atom. The van der Waals surface area contributed by atoms with E-state index in [1.54, 1.807) is 18.2 Å². The van der Waals surface area contributed by atoms with Gasteiger partial charge in [-0.3, -0.25) is 4.79 Å². The lowest BCUT2D eigenvalue weighted by Crippen LogP contribution is -2.18. The van der Waals surface area contributed by atoms with Gasteiger partial charge in [-0.25, -0.2) is 17.2 Å². The Labute approximate surface area is 197 Å². The van der Waals surface area contributed by atoms with Gasteiger partial charge in [0.15, 0.2) is 9.84 Å². The molecule has 32 heavy (non-hydrogen) atoms. The number of rotatable bonds is 4. The summed E-state index contributed by atoms with van der Waals surface area (Å²) in [5.41, 5.74) is 0.748. The lowest BCUT2D eigenvalue weighted by Gasteiger charge is -2.19. The van der Waals surface area contributed by atoms with Gasteiger partial charge in [-0.05, 0) is 48.5 Å². The van der Waals surface area contributed by atoms with E-state index in [0.717, 1.165) is 23.9 Å². The topological polar surface area (TPSA) is 63.2 Å². The third kappa shape index (κ3) is 4.68. The SMILES string of the molecule is O=C1Nc2ccc(S(=O)(=O)Cc3c(Cl)cccc3Cl)cc2S/C1=C/c1ccc(F)cc1F. The molecular formula is C22H13Cl2F2NO3S2. The average molecular weight is 512 g/mol. The van der Waals surface area contributed by atoms with Crippen molar-refractivity contribution in [1.82, 2.24) is 0 Å². The largest absolute Gasteiger partial charge is 0.320 e. The Bertz CT molecular complexity index is 1370. The van der Waals surface area contributed by atoms with Gasteiger partial charge in [0.2, 0.25) is 0 Å². The van der Waals surface area contributed by atoms with Crippen LogP contribution < -0.4 is 5.32 Å². The van der Waals surface area contributed by atoms with Gasteiger partial charge in [-0.1, -0.05) is 41.0 Å². The predicted molar refractivity (Wildman–Crippen MR) is 123 cm³/mol. The summed E-state index contributed by atoms with van der Waals surface area (Å²) in [6.07, 6.45) is 1.28. The zero-order valence-corrected chi connectivity index (χ0v) is 19.2. The second-order valence-corrected chi connectivity index (χ2v) is 10.7. The number of carbonyl (C=O) groups excluding carboxylic acids is 1. The highest BCUT2D eigenvalue weighted by atomic mass is 35.5. The molecule has 1 heterocycles. The van der Waals surface area contributed by atoms with Gasteiger partial charge in [0.1, 0.15) is 11.6 Å². The van der Waals surface area contributed by atoms with Crippen LogP contribution in [0.15, 0.2) is 69.3 Å². The smallest absolute Gasteiger partial charge is 0.262 e. The molecule has 0 saturated heterocycles. The molecular weight excluding hydrogens is 499 g/mol. The lowest BCUT2D eigenvalue weighted by molar-refractivity contribution is -0.112. The Balaban J connectivity index is 1.67. The molecule has 0 unspecified atom stereocenters. The van der Waals surface area contributed by atoms with Crippen LogP contribution in [0.3, 0.4) is 0 Å². The van der Waals surface area contributed by atoms with Crippen molar-refractivity contribution < 1.29 is 22.0 Å². The lowest BCUT2D eigenvalue weighted by atomic mass is 10.2. The van der Waals surface area contributed by atoms with E-state index in [2.05, 4.69) is 5.32 Å². The Kier molecular flexibility index (Phi) is 6.31. The van der Waals surface area contributed by atoms with Crippen molar-refractivity contribution in [3.8, 4) is 0 Å². The highest BCUT2D eigenvalue weighted by Gasteiger charge is 2.25. The first-order valence-electron chi connectivity index (χ1n) is 9.10. The molecule has 10 heteroatoms. The summed E-state index contributed by atoms with van der Waals surface area (Å²) in [6.45, 7) is 0. The number of hydrogen-bond acceptors (Lipinski definition) is 4. The van der Waals surface area contributed by atoms with Crippen molar-refractivity contribution in [2.75, 3.05) is 5.32 Å². The third-order valence-electron chi connectivity index (χ3n) is 4.65. The number of sulfone groups is 1. The number of amides is 1. The maximum Gasteiger partial charge on any atom is 0.262 e. The van der Waals surface area contributed by atoms with Gasteiger partial charge < -0.3 is 5.32 Å². The van der Waals surface area contributed by atoms with Crippen LogP contribution in [0, 0.1) is 11.6 Å². The molecule has 4 nitrogen and oxygen atoms in total. The minimum Gasteiger partial charge on any atom is -0.320 e. The molecule has 0 aromatic heterocycles. The average Bonchev–Trinajstić information content (AvgIpc) is 2.73. The fourth-order valence-corrected chi connectivity index (χ4v) is 6.21. The molecule has 0 fully saturated rings. The van der Waals surface area contributed by atoms with E-state index < -0.39 is 33.1 Å². The van der Waals surface area contributed by atoms with E-state index >= 15 is 0 Å². The minimum absolute atomic E-state index is 0.0169. The maximum atomic E-state index is 14.0. The van der Waals surface area contributed by atoms with E-state index in [9.17, 15) is 22.0 Å². The highest BCUT2D eigenvalue weighted by molar-refractivity contribution is 8.04. The first-order valence-corrected chi connectivity index (χ1v) is 12.3. The quantitative estimate of drug-likeness (QED) is 0.415. The molecule has 1 aliphatic heterocycles. The summed E-state index contributed by atoms with van der Waals surface area (Å²) in [5, 5.41) is 3.13. The Hall–Kier alpha value is -2.39. The van der Waals surface area contributed by atoms with Crippen LogP contribution in [-0.4, -0.2) is 14.3 Å². The number of halogens is 4. The zero-order valence-electron chi connectivity index (χ0n) is 16.0. The van der Waals surface area contributed by atoms with Gasteiger partial charge in [0.25, 0.3) is 5.91 Å². The molecule has 3 aromatic carbocycles. The van der Waals surface area contributed by atoms with E-state index in [-0.39, 0.29) is 25.4 Å². The molecule has 0 bridgehead atoms. The molecule has 4 rings (SSSR count). The summed E-state index contributed by atoms with van der Waals surface area (Å²) in [7, 11) is -3.81. The molecule has 0 saturated carbocycles. The number of thioether (sulfide) groups is 1. The molecule has 0 aliphatic carbocycles. The van der Waals surface area contributed by atoms with Crippen molar-refractivity contribution in [1.29, 1.82) is 0 Å². The Morgan fingerprint density at radius 3 is 2.41 bits per heavy atom. The summed E-state index contributed by atoms with van der Waals surface area (Å²) in [6, 6.07) is 12.0. The first-order chi connectivity index (χ1) is 15.1. The van der Waals surface area contributed by atoms with Crippen molar-refractivity contribution in [2.45, 2.75) is 15.5 Å². The van der Waals surface area contributed by atoms with Gasteiger partial charge in [-0.15, -0.1) is 0 Å². The van der Waals surface area contributed by atoms with Gasteiger partial charge >= 0.3 is 0 Å². The van der Waals surface area contributed by atoms with Crippen molar-refractivity contribution >= 4 is 62.5 Å². The van der Waals surface area contributed by atoms with Crippen molar-refractivity contribution in [3.05, 3.63) is 92.3 Å². The maximum absolute atomic E-state index is 14.0. The summed E-state index contributed by atoms with van der Waals surface area (Å²) >= 11 is 13.2. The van der Waals surface area contributed by atoms with Crippen LogP contribution in [0.2, 0.25) is 10.0 Å². The van der Waals surface area contributed by atoms with Gasteiger partial charge in [0, 0.05) is 32.1 Å². The van der Waals surface area contributed by atoms with Crippen LogP contribution in [0.5, 0.6) is 0 Å². The normalized spacial score (nSPS) is 14.9. The van der Waals surface area contributed by atoms with E-state index in [0.29, 0.717) is 16.1 Å². The second-order valence-electron chi connectivity index (χ2n) is 6.85. The molecule has 0 atom stereocenters. The molecule has 164 valence electrons. The fourth-order valence-electron chi connectivity index (χ4n) is 3.03. The molecule has 3 aromatic rings. The fraction of sp³-hybridized carbons (Fsp3) is 0.0455. The van der Waals surface area contributed by atoms with Crippen LogP contribution >= 0.6 is 35.0 Å². The van der Waals surface area contributed by atoms with Crippen LogP contribution in [-0.2, 0) is 20.4 Å². The standard InChI is InChI=1S/C22H13Cl2F2NO3S2/c23-16-2-1-3-17(24)15(16)11-32(29,30)14-6-7-19-20(10-14)31-21(22(28)27-19)8-12-4-5-13(25)9-18(12)26/h1-10H,11H2,(H,27,28)/b21-8+. The highest BCUT2D eigenvalue weighted by Crippen LogP contribution is 2.41. The van der Waals surface area contributed by atoms with Crippen molar-refractivity contribution in [3.63, 3.8) is 0 Å². The molecule has 1 N–H and O–H groups in total. The van der Waals surface area contributed by atoms with Crippen LogP contribution in [0.25, 0.3) is 6.08 Å². The number of anilines is 1. The number of nitrogens with one attached hydrogen (secondary N) is 1. The van der Waals surface area contributed by atoms with E-state index in [4.69, 9.17) is 23.2 Å². The summed E-state index contributed by atoms with van der Waals surface area (Å²) in [5.74, 6) is -2.43. The minimum atomic E-state index is -3.81. The first kappa shape index (κ1) is 22.8. The van der Waals surface area contributed by atoms with Crippen molar-refractivity contribution in [2.24, 2.45) is 0 Å². The van der Waals surface area contributed by atoms with E-state index in [1.807, 2.05) is 0 Å². The van der Waals surface area contributed by atoms with Gasteiger partial charge in [0.05, 0.1) is 21.2 Å². The number of hydrogen-bond donors (Lipinski definition) is 1. The molecule has 1 aliphatic rings. The molecule has 0 radical (unpaired) electrons. The molecule has 1 amide bonds. The molecule has 0 spiro atoms. The zero-order chi connectivity index (χ0) is 23.0. The Morgan fingerprint density at radius 2 is 1.72 bits per heavy atom. The van der Waals surface area contributed by atoms with Gasteiger partial charge in [-0.2, -0.15) is 0 Å². The monoisotopic (exact) mass is 511 g/mol. The summed E-state index contributed by atoms with van der Waals surface area (Å²) < 4.78 is 53.1. The number of carbonyl (C=O) groups is 1. The third-order valence-corrected chi connectivity index (χ3v) is 8.08. The predicted octanol–water partition coefficient (Wildman–Crippen LogP) is 6.33. The number of fused-ring (bicyclic) bond motifs is 1. The van der Waals surface area contributed by atoms with Crippen LogP contribution in [0.1, 0.15) is 11.1 Å². The second kappa shape index (κ2) is 8.86. The van der Waals surface area contributed by atoms with E-state index in [1.165, 1.54) is 30.3 Å². The number of benzene rings is 3. The van der Waals surface area contributed by atoms with Crippen LogP contribution in [0.4, 0.5) is 14.5 Å². The summed E-state index contributed by atoms with van der Waals surface area (Å²) in [4.78, 5) is 13.0.